The first kappa shape index (κ1) is 15.4. The lowest BCUT2D eigenvalue weighted by Crippen LogP contribution is -2.13. The summed E-state index contributed by atoms with van der Waals surface area (Å²) in [5, 5.41) is 9.65. The Balaban J connectivity index is 1.98. The minimum absolute atomic E-state index is 0.200. The predicted molar refractivity (Wildman–Crippen MR) is 86.8 cm³/mol. The van der Waals surface area contributed by atoms with Crippen molar-refractivity contribution >= 4 is 0 Å². The predicted octanol–water partition coefficient (Wildman–Crippen LogP) is 4.46. The molecule has 0 aromatic heterocycles. The molecule has 2 aromatic rings. The van der Waals surface area contributed by atoms with Gasteiger partial charge in [-0.3, -0.25) is 0 Å². The SMILES string of the molecule is COc1cc(CC(C)C(C)Cc2ccccc2)ccc1O. The van der Waals surface area contributed by atoms with Gasteiger partial charge in [-0.15, -0.1) is 0 Å². The van der Waals surface area contributed by atoms with E-state index in [2.05, 4.69) is 44.2 Å². The van der Waals surface area contributed by atoms with Gasteiger partial charge < -0.3 is 9.84 Å². The molecule has 112 valence electrons. The third-order valence-corrected chi connectivity index (χ3v) is 4.17. The molecule has 0 fully saturated rings. The van der Waals surface area contributed by atoms with Gasteiger partial charge in [0.05, 0.1) is 7.11 Å². The van der Waals surface area contributed by atoms with Crippen LogP contribution in [0.5, 0.6) is 11.5 Å². The number of methoxy groups -OCH3 is 1. The Hall–Kier alpha value is -1.96. The number of hydrogen-bond donors (Lipinski definition) is 1. The lowest BCUT2D eigenvalue weighted by molar-refractivity contribution is 0.368. The average Bonchev–Trinajstić information content (AvgIpc) is 2.50. The Kier molecular flexibility index (Phi) is 5.26. The van der Waals surface area contributed by atoms with Gasteiger partial charge in [0.25, 0.3) is 0 Å². The molecule has 0 heterocycles. The van der Waals surface area contributed by atoms with E-state index in [1.165, 1.54) is 11.1 Å². The number of phenols is 1. The zero-order valence-corrected chi connectivity index (χ0v) is 13.0. The normalized spacial score (nSPS) is 13.7. The third-order valence-electron chi connectivity index (χ3n) is 4.17. The minimum Gasteiger partial charge on any atom is -0.504 e. The molecule has 2 nitrogen and oxygen atoms in total. The van der Waals surface area contributed by atoms with Gasteiger partial charge in [-0.2, -0.15) is 0 Å². The largest absolute Gasteiger partial charge is 0.504 e. The summed E-state index contributed by atoms with van der Waals surface area (Å²) in [6.45, 7) is 4.59. The highest BCUT2D eigenvalue weighted by Gasteiger charge is 2.14. The maximum Gasteiger partial charge on any atom is 0.160 e. The highest BCUT2D eigenvalue weighted by Crippen LogP contribution is 2.29. The van der Waals surface area contributed by atoms with Gasteiger partial charge in [0.15, 0.2) is 11.5 Å². The lowest BCUT2D eigenvalue weighted by Gasteiger charge is -2.20. The van der Waals surface area contributed by atoms with Gasteiger partial charge in [-0.25, -0.2) is 0 Å². The molecule has 2 rings (SSSR count). The number of ether oxygens (including phenoxy) is 1. The quantitative estimate of drug-likeness (QED) is 0.848. The van der Waals surface area contributed by atoms with Gasteiger partial charge in [0.2, 0.25) is 0 Å². The smallest absolute Gasteiger partial charge is 0.160 e. The second-order valence-corrected chi connectivity index (χ2v) is 5.85. The third kappa shape index (κ3) is 4.25. The molecular weight excluding hydrogens is 260 g/mol. The van der Waals surface area contributed by atoms with Crippen LogP contribution in [0.4, 0.5) is 0 Å². The van der Waals surface area contributed by atoms with Crippen LogP contribution < -0.4 is 4.74 Å². The zero-order valence-electron chi connectivity index (χ0n) is 13.0. The first-order chi connectivity index (χ1) is 10.1. The molecule has 0 aliphatic carbocycles. The summed E-state index contributed by atoms with van der Waals surface area (Å²) in [6.07, 6.45) is 2.09. The molecule has 2 unspecified atom stereocenters. The molecule has 2 atom stereocenters. The molecule has 1 N–H and O–H groups in total. The maximum absolute atomic E-state index is 9.65. The van der Waals surface area contributed by atoms with Gasteiger partial charge in [-0.05, 0) is 47.9 Å². The van der Waals surface area contributed by atoms with Crippen molar-refractivity contribution in [1.82, 2.24) is 0 Å². The van der Waals surface area contributed by atoms with Crippen LogP contribution in [0, 0.1) is 11.8 Å². The molecule has 0 amide bonds. The highest BCUT2D eigenvalue weighted by atomic mass is 16.5. The van der Waals surface area contributed by atoms with Gasteiger partial charge in [-0.1, -0.05) is 50.2 Å². The van der Waals surface area contributed by atoms with E-state index < -0.39 is 0 Å². The van der Waals surface area contributed by atoms with Crippen LogP contribution in [0.25, 0.3) is 0 Å². The Morgan fingerprint density at radius 1 is 0.905 bits per heavy atom. The molecule has 0 aliphatic rings. The molecule has 2 aromatic carbocycles. The van der Waals surface area contributed by atoms with Crippen molar-refractivity contribution in [3.8, 4) is 11.5 Å². The van der Waals surface area contributed by atoms with E-state index in [9.17, 15) is 5.11 Å². The number of rotatable bonds is 6. The van der Waals surface area contributed by atoms with Crippen LogP contribution in [-0.4, -0.2) is 12.2 Å². The van der Waals surface area contributed by atoms with E-state index in [0.717, 1.165) is 12.8 Å². The summed E-state index contributed by atoms with van der Waals surface area (Å²) in [5.41, 5.74) is 2.59. The summed E-state index contributed by atoms with van der Waals surface area (Å²) in [6, 6.07) is 16.2. The first-order valence-electron chi connectivity index (χ1n) is 7.50. The van der Waals surface area contributed by atoms with E-state index in [4.69, 9.17) is 4.74 Å². The van der Waals surface area contributed by atoms with Crippen LogP contribution >= 0.6 is 0 Å². The molecule has 0 spiro atoms. The fraction of sp³-hybridized carbons (Fsp3) is 0.368. The van der Waals surface area contributed by atoms with Crippen molar-refractivity contribution in [2.75, 3.05) is 7.11 Å². The summed E-state index contributed by atoms with van der Waals surface area (Å²) >= 11 is 0. The van der Waals surface area contributed by atoms with Crippen LogP contribution in [0.3, 0.4) is 0 Å². The van der Waals surface area contributed by atoms with Gasteiger partial charge in [0, 0.05) is 0 Å². The van der Waals surface area contributed by atoms with Crippen LogP contribution in [-0.2, 0) is 12.8 Å². The van der Waals surface area contributed by atoms with Gasteiger partial charge in [0.1, 0.15) is 0 Å². The Morgan fingerprint density at radius 3 is 2.14 bits per heavy atom. The molecule has 2 heteroatoms. The van der Waals surface area contributed by atoms with E-state index in [1.807, 2.05) is 12.1 Å². The monoisotopic (exact) mass is 284 g/mol. The summed E-state index contributed by atoms with van der Waals surface area (Å²) in [5.74, 6) is 1.92. The number of aromatic hydroxyl groups is 1. The zero-order chi connectivity index (χ0) is 15.2. The lowest BCUT2D eigenvalue weighted by atomic mass is 9.85. The fourth-order valence-corrected chi connectivity index (χ4v) is 2.61. The van der Waals surface area contributed by atoms with Crippen LogP contribution in [0.1, 0.15) is 25.0 Å². The standard InChI is InChI=1S/C19H24O2/c1-14(11-16-7-5-4-6-8-16)15(2)12-17-9-10-18(20)19(13-17)21-3/h4-10,13-15,20H,11-12H2,1-3H3. The molecule has 0 bridgehead atoms. The molecule has 0 aliphatic heterocycles. The molecule has 0 radical (unpaired) electrons. The molecule has 0 saturated carbocycles. The Bertz CT molecular complexity index is 563. The number of phenolic OH excluding ortho intramolecular Hbond substituents is 1. The Morgan fingerprint density at radius 2 is 1.52 bits per heavy atom. The second kappa shape index (κ2) is 7.16. The fourth-order valence-electron chi connectivity index (χ4n) is 2.61. The number of hydrogen-bond acceptors (Lipinski definition) is 2. The Labute approximate surface area is 127 Å². The van der Waals surface area contributed by atoms with Gasteiger partial charge >= 0.3 is 0 Å². The summed E-state index contributed by atoms with van der Waals surface area (Å²) < 4.78 is 5.17. The molecule has 0 saturated heterocycles. The van der Waals surface area contributed by atoms with E-state index in [-0.39, 0.29) is 5.75 Å². The molecular formula is C19H24O2. The number of benzene rings is 2. The van der Waals surface area contributed by atoms with E-state index in [0.29, 0.717) is 17.6 Å². The van der Waals surface area contributed by atoms with Crippen molar-refractivity contribution < 1.29 is 9.84 Å². The van der Waals surface area contributed by atoms with Crippen LogP contribution in [0.15, 0.2) is 48.5 Å². The van der Waals surface area contributed by atoms with Crippen molar-refractivity contribution in [2.24, 2.45) is 11.8 Å². The average molecular weight is 284 g/mol. The first-order valence-corrected chi connectivity index (χ1v) is 7.50. The van der Waals surface area contributed by atoms with Crippen molar-refractivity contribution in [3.63, 3.8) is 0 Å². The van der Waals surface area contributed by atoms with E-state index >= 15 is 0 Å². The minimum atomic E-state index is 0.200. The second-order valence-electron chi connectivity index (χ2n) is 5.85. The van der Waals surface area contributed by atoms with Crippen molar-refractivity contribution in [2.45, 2.75) is 26.7 Å². The topological polar surface area (TPSA) is 29.5 Å². The van der Waals surface area contributed by atoms with E-state index in [1.54, 1.807) is 13.2 Å². The van der Waals surface area contributed by atoms with Crippen LogP contribution in [0.2, 0.25) is 0 Å². The summed E-state index contributed by atoms with van der Waals surface area (Å²) in [4.78, 5) is 0. The molecule has 21 heavy (non-hydrogen) atoms. The van der Waals surface area contributed by atoms with Crippen molar-refractivity contribution in [3.05, 3.63) is 59.7 Å². The van der Waals surface area contributed by atoms with Crippen molar-refractivity contribution in [1.29, 1.82) is 0 Å². The summed E-state index contributed by atoms with van der Waals surface area (Å²) in [7, 11) is 1.58. The maximum atomic E-state index is 9.65. The highest BCUT2D eigenvalue weighted by molar-refractivity contribution is 5.41.